The lowest BCUT2D eigenvalue weighted by Gasteiger charge is -2.01. The molecule has 0 fully saturated rings. The maximum atomic E-state index is 11.4. The molecule has 82 valence electrons. The first-order valence-corrected chi connectivity index (χ1v) is 5.09. The summed E-state index contributed by atoms with van der Waals surface area (Å²) in [4.78, 5) is 11.4. The van der Waals surface area contributed by atoms with Crippen LogP contribution in [-0.4, -0.2) is 13.7 Å². The third-order valence-electron chi connectivity index (χ3n) is 2.03. The SMILES string of the molecule is CCCCOc1ccc(OC)c(=O)cc1. The number of methoxy groups -OCH3 is 1. The fourth-order valence-corrected chi connectivity index (χ4v) is 1.13. The van der Waals surface area contributed by atoms with E-state index in [2.05, 4.69) is 6.92 Å². The van der Waals surface area contributed by atoms with E-state index >= 15 is 0 Å². The number of unbranched alkanes of at least 4 members (excludes halogenated alkanes) is 1. The van der Waals surface area contributed by atoms with Crippen molar-refractivity contribution in [2.75, 3.05) is 13.7 Å². The molecule has 0 bridgehead atoms. The highest BCUT2D eigenvalue weighted by atomic mass is 16.5. The van der Waals surface area contributed by atoms with Gasteiger partial charge in [0.2, 0.25) is 5.43 Å². The maximum absolute atomic E-state index is 11.4. The third-order valence-corrected chi connectivity index (χ3v) is 2.03. The van der Waals surface area contributed by atoms with Crippen molar-refractivity contribution >= 4 is 0 Å². The van der Waals surface area contributed by atoms with Gasteiger partial charge in [-0.05, 0) is 30.7 Å². The Balaban J connectivity index is 2.76. The van der Waals surface area contributed by atoms with Crippen LogP contribution in [0.1, 0.15) is 19.8 Å². The predicted octanol–water partition coefficient (Wildman–Crippen LogP) is 2.23. The first-order chi connectivity index (χ1) is 7.27. The van der Waals surface area contributed by atoms with Gasteiger partial charge in [-0.15, -0.1) is 0 Å². The molecular formula is C12H16O3. The van der Waals surface area contributed by atoms with Gasteiger partial charge < -0.3 is 9.47 Å². The standard InChI is InChI=1S/C12H16O3/c1-3-4-9-15-10-5-7-11(13)12(14-2)8-6-10/h5-8H,3-4,9H2,1-2H3. The van der Waals surface area contributed by atoms with Crippen molar-refractivity contribution in [3.8, 4) is 11.5 Å². The summed E-state index contributed by atoms with van der Waals surface area (Å²) in [7, 11) is 1.48. The van der Waals surface area contributed by atoms with Crippen molar-refractivity contribution in [2.24, 2.45) is 0 Å². The zero-order valence-corrected chi connectivity index (χ0v) is 9.16. The monoisotopic (exact) mass is 208 g/mol. The lowest BCUT2D eigenvalue weighted by molar-refractivity contribution is 0.309. The Hall–Kier alpha value is -1.51. The quantitative estimate of drug-likeness (QED) is 0.696. The average Bonchev–Trinajstić information content (AvgIpc) is 2.42. The van der Waals surface area contributed by atoms with Gasteiger partial charge in [0.15, 0.2) is 5.75 Å². The zero-order valence-electron chi connectivity index (χ0n) is 9.16. The van der Waals surface area contributed by atoms with E-state index in [9.17, 15) is 4.79 Å². The van der Waals surface area contributed by atoms with Gasteiger partial charge >= 0.3 is 0 Å². The second kappa shape index (κ2) is 6.06. The van der Waals surface area contributed by atoms with Gasteiger partial charge in [0, 0.05) is 0 Å². The molecule has 0 spiro atoms. The summed E-state index contributed by atoms with van der Waals surface area (Å²) in [5.74, 6) is 1.03. The van der Waals surface area contributed by atoms with Crippen LogP contribution in [0.25, 0.3) is 0 Å². The molecule has 0 radical (unpaired) electrons. The third kappa shape index (κ3) is 3.62. The summed E-state index contributed by atoms with van der Waals surface area (Å²) >= 11 is 0. The van der Waals surface area contributed by atoms with E-state index < -0.39 is 0 Å². The van der Waals surface area contributed by atoms with E-state index in [4.69, 9.17) is 9.47 Å². The minimum absolute atomic E-state index is 0.136. The summed E-state index contributed by atoms with van der Waals surface area (Å²) in [6, 6.07) is 6.50. The van der Waals surface area contributed by atoms with Crippen LogP contribution in [0.2, 0.25) is 0 Å². The van der Waals surface area contributed by atoms with Crippen molar-refractivity contribution in [3.63, 3.8) is 0 Å². The van der Waals surface area contributed by atoms with Crippen LogP contribution in [0.4, 0.5) is 0 Å². The Bertz CT molecular complexity index is 360. The molecule has 0 saturated heterocycles. The van der Waals surface area contributed by atoms with Gasteiger partial charge in [-0.2, -0.15) is 0 Å². The Labute approximate surface area is 89.7 Å². The normalized spacial score (nSPS) is 9.73. The molecule has 0 aliphatic rings. The number of hydrogen-bond donors (Lipinski definition) is 0. The molecule has 0 atom stereocenters. The zero-order chi connectivity index (χ0) is 11.1. The maximum Gasteiger partial charge on any atom is 0.220 e. The molecule has 3 nitrogen and oxygen atoms in total. The highest BCUT2D eigenvalue weighted by Crippen LogP contribution is 2.10. The van der Waals surface area contributed by atoms with Crippen LogP contribution in [0.15, 0.2) is 29.1 Å². The Morgan fingerprint density at radius 3 is 2.60 bits per heavy atom. The molecule has 0 aliphatic heterocycles. The molecule has 15 heavy (non-hydrogen) atoms. The van der Waals surface area contributed by atoms with E-state index in [1.165, 1.54) is 13.2 Å². The lowest BCUT2D eigenvalue weighted by atomic mass is 10.4. The number of rotatable bonds is 5. The van der Waals surface area contributed by atoms with Crippen molar-refractivity contribution in [1.82, 2.24) is 0 Å². The van der Waals surface area contributed by atoms with Crippen LogP contribution in [-0.2, 0) is 0 Å². The second-order valence-corrected chi connectivity index (χ2v) is 3.20. The van der Waals surface area contributed by atoms with Crippen LogP contribution in [0.3, 0.4) is 0 Å². The number of hydrogen-bond acceptors (Lipinski definition) is 3. The summed E-state index contributed by atoms with van der Waals surface area (Å²) in [6.45, 7) is 2.78. The highest BCUT2D eigenvalue weighted by molar-refractivity contribution is 5.28. The molecule has 0 unspecified atom stereocenters. The topological polar surface area (TPSA) is 35.5 Å². The van der Waals surface area contributed by atoms with Gasteiger partial charge in [0.25, 0.3) is 0 Å². The highest BCUT2D eigenvalue weighted by Gasteiger charge is 1.96. The summed E-state index contributed by atoms with van der Waals surface area (Å²) < 4.78 is 10.4. The smallest absolute Gasteiger partial charge is 0.220 e. The van der Waals surface area contributed by atoms with Crippen molar-refractivity contribution < 1.29 is 9.47 Å². The van der Waals surface area contributed by atoms with Crippen LogP contribution < -0.4 is 14.9 Å². The molecule has 0 amide bonds. The molecule has 1 aromatic carbocycles. The minimum atomic E-state index is -0.136. The van der Waals surface area contributed by atoms with Crippen LogP contribution in [0, 0.1) is 0 Å². The predicted molar refractivity (Wildman–Crippen MR) is 59.7 cm³/mol. The van der Waals surface area contributed by atoms with Crippen LogP contribution in [0.5, 0.6) is 11.5 Å². The second-order valence-electron chi connectivity index (χ2n) is 3.20. The van der Waals surface area contributed by atoms with Gasteiger partial charge in [-0.25, -0.2) is 0 Å². The van der Waals surface area contributed by atoms with Gasteiger partial charge in [0.05, 0.1) is 13.7 Å². The van der Waals surface area contributed by atoms with Crippen molar-refractivity contribution in [2.45, 2.75) is 19.8 Å². The lowest BCUT2D eigenvalue weighted by Crippen LogP contribution is -1.99. The largest absolute Gasteiger partial charge is 0.494 e. The average molecular weight is 208 g/mol. The van der Waals surface area contributed by atoms with E-state index in [1.807, 2.05) is 0 Å². The van der Waals surface area contributed by atoms with Gasteiger partial charge in [0.1, 0.15) is 5.75 Å². The molecule has 0 aliphatic carbocycles. The molecule has 3 heteroatoms. The molecule has 0 saturated carbocycles. The summed E-state index contributed by atoms with van der Waals surface area (Å²) in [6.07, 6.45) is 2.11. The molecule has 1 rings (SSSR count). The minimum Gasteiger partial charge on any atom is -0.494 e. The van der Waals surface area contributed by atoms with E-state index in [0.29, 0.717) is 18.1 Å². The fourth-order valence-electron chi connectivity index (χ4n) is 1.13. The first kappa shape index (κ1) is 11.6. The number of ether oxygens (including phenoxy) is 2. The van der Waals surface area contributed by atoms with Crippen LogP contribution >= 0.6 is 0 Å². The molecule has 0 N–H and O–H groups in total. The first-order valence-electron chi connectivity index (χ1n) is 5.09. The van der Waals surface area contributed by atoms with E-state index in [-0.39, 0.29) is 5.43 Å². The Morgan fingerprint density at radius 2 is 1.93 bits per heavy atom. The van der Waals surface area contributed by atoms with E-state index in [1.54, 1.807) is 18.2 Å². The van der Waals surface area contributed by atoms with Gasteiger partial charge in [-0.1, -0.05) is 13.3 Å². The fraction of sp³-hybridized carbons (Fsp3) is 0.417. The van der Waals surface area contributed by atoms with Gasteiger partial charge in [-0.3, -0.25) is 4.79 Å². The summed E-state index contributed by atoms with van der Waals surface area (Å²) in [5.41, 5.74) is -0.136. The molecule has 0 aromatic heterocycles. The van der Waals surface area contributed by atoms with Crippen molar-refractivity contribution in [1.29, 1.82) is 0 Å². The van der Waals surface area contributed by atoms with E-state index in [0.717, 1.165) is 12.8 Å². The Kier molecular flexibility index (Phi) is 4.68. The van der Waals surface area contributed by atoms with Crippen molar-refractivity contribution in [3.05, 3.63) is 34.5 Å². The summed E-state index contributed by atoms with van der Waals surface area (Å²) in [5, 5.41) is 0. The molecule has 1 aromatic rings. The molecular weight excluding hydrogens is 192 g/mol. The molecule has 0 heterocycles. The Morgan fingerprint density at radius 1 is 1.20 bits per heavy atom.